The molecular weight excluding hydrogens is 238 g/mol. The Balaban J connectivity index is 2.33. The van der Waals surface area contributed by atoms with E-state index in [0.717, 1.165) is 12.2 Å². The van der Waals surface area contributed by atoms with Gasteiger partial charge in [-0.2, -0.15) is 5.26 Å². The zero-order valence-corrected chi connectivity index (χ0v) is 11.7. The highest BCUT2D eigenvalue weighted by molar-refractivity contribution is 5.86. The Morgan fingerprint density at radius 1 is 1.32 bits per heavy atom. The van der Waals surface area contributed by atoms with Crippen molar-refractivity contribution in [3.63, 3.8) is 0 Å². The minimum absolute atomic E-state index is 0.0334. The van der Waals surface area contributed by atoms with Crippen LogP contribution in [0.15, 0.2) is 18.2 Å². The van der Waals surface area contributed by atoms with E-state index in [9.17, 15) is 4.79 Å². The van der Waals surface area contributed by atoms with Gasteiger partial charge in [0.05, 0.1) is 12.5 Å². The fourth-order valence-electron chi connectivity index (χ4n) is 2.41. The van der Waals surface area contributed by atoms with Crippen LogP contribution in [0.25, 0.3) is 0 Å². The van der Waals surface area contributed by atoms with E-state index in [0.29, 0.717) is 6.54 Å². The summed E-state index contributed by atoms with van der Waals surface area (Å²) in [6, 6.07) is 7.96. The van der Waals surface area contributed by atoms with Crippen LogP contribution in [0.1, 0.15) is 17.5 Å². The average Bonchev–Trinajstić information content (AvgIpc) is 2.39. The fourth-order valence-corrected chi connectivity index (χ4v) is 2.41. The molecule has 19 heavy (non-hydrogen) atoms. The number of aryl methyl sites for hydroxylation is 2. The smallest absolute Gasteiger partial charge is 0.246 e. The summed E-state index contributed by atoms with van der Waals surface area (Å²) < 4.78 is 0. The molecule has 0 aliphatic carbocycles. The number of piperazine rings is 1. The number of nitriles is 1. The fraction of sp³-hybridized carbons (Fsp3) is 0.467. The molecule has 1 aliphatic heterocycles. The standard InChI is InChI=1S/C15H19N3O/c1-11-4-5-13(10-12(11)2)18-9-8-17(3)15(19)14(18)6-7-16/h4-5,10,14H,6,8-9H2,1-3H3. The molecule has 0 bridgehead atoms. The largest absolute Gasteiger partial charge is 0.357 e. The Labute approximate surface area is 114 Å². The van der Waals surface area contributed by atoms with Crippen molar-refractivity contribution >= 4 is 11.6 Å². The van der Waals surface area contributed by atoms with Crippen molar-refractivity contribution in [2.75, 3.05) is 25.0 Å². The monoisotopic (exact) mass is 257 g/mol. The zero-order chi connectivity index (χ0) is 14.0. The molecule has 1 aromatic rings. The topological polar surface area (TPSA) is 47.3 Å². The Morgan fingerprint density at radius 2 is 2.05 bits per heavy atom. The van der Waals surface area contributed by atoms with Gasteiger partial charge in [0.25, 0.3) is 0 Å². The molecule has 0 saturated carbocycles. The van der Waals surface area contributed by atoms with Gasteiger partial charge in [0.1, 0.15) is 6.04 Å². The van der Waals surface area contributed by atoms with Crippen molar-refractivity contribution < 1.29 is 4.79 Å². The van der Waals surface area contributed by atoms with E-state index in [-0.39, 0.29) is 18.4 Å². The molecule has 1 saturated heterocycles. The van der Waals surface area contributed by atoms with Crippen LogP contribution in [0.5, 0.6) is 0 Å². The number of hydrogen-bond acceptors (Lipinski definition) is 3. The van der Waals surface area contributed by atoms with Gasteiger partial charge >= 0.3 is 0 Å². The number of carbonyl (C=O) groups excluding carboxylic acids is 1. The third kappa shape index (κ3) is 2.55. The summed E-state index contributed by atoms with van der Waals surface area (Å²) in [5.41, 5.74) is 3.48. The normalized spacial score (nSPS) is 19.5. The van der Waals surface area contributed by atoms with Crippen LogP contribution < -0.4 is 4.90 Å². The van der Waals surface area contributed by atoms with E-state index in [2.05, 4.69) is 36.9 Å². The van der Waals surface area contributed by atoms with Gasteiger partial charge in [-0.15, -0.1) is 0 Å². The third-order valence-corrected chi connectivity index (χ3v) is 3.82. The quantitative estimate of drug-likeness (QED) is 0.812. The van der Waals surface area contributed by atoms with Crippen LogP contribution >= 0.6 is 0 Å². The lowest BCUT2D eigenvalue weighted by molar-refractivity contribution is -0.132. The molecule has 100 valence electrons. The van der Waals surface area contributed by atoms with Crippen LogP contribution in [0.2, 0.25) is 0 Å². The Bertz CT molecular complexity index is 533. The number of carbonyl (C=O) groups is 1. The van der Waals surface area contributed by atoms with Gasteiger partial charge in [-0.05, 0) is 37.1 Å². The first-order valence-electron chi connectivity index (χ1n) is 6.50. The maximum absolute atomic E-state index is 12.2. The SMILES string of the molecule is Cc1ccc(N2CCN(C)C(=O)C2CC#N)cc1C. The molecule has 0 N–H and O–H groups in total. The van der Waals surface area contributed by atoms with Gasteiger partial charge in [0.15, 0.2) is 0 Å². The summed E-state index contributed by atoms with van der Waals surface area (Å²) in [7, 11) is 1.80. The second-order valence-electron chi connectivity index (χ2n) is 5.10. The number of likely N-dealkylation sites (N-methyl/N-ethyl adjacent to an activating group) is 1. The number of benzene rings is 1. The van der Waals surface area contributed by atoms with Crippen LogP contribution in [-0.2, 0) is 4.79 Å². The Morgan fingerprint density at radius 3 is 2.68 bits per heavy atom. The van der Waals surface area contributed by atoms with Crippen LogP contribution in [0.4, 0.5) is 5.69 Å². The van der Waals surface area contributed by atoms with Crippen molar-refractivity contribution in [1.82, 2.24) is 4.90 Å². The Hall–Kier alpha value is -2.02. The molecule has 1 heterocycles. The summed E-state index contributed by atoms with van der Waals surface area (Å²) in [4.78, 5) is 15.9. The third-order valence-electron chi connectivity index (χ3n) is 3.82. The molecule has 4 heteroatoms. The van der Waals surface area contributed by atoms with Crippen LogP contribution in [0.3, 0.4) is 0 Å². The highest BCUT2D eigenvalue weighted by Gasteiger charge is 2.32. The summed E-state index contributed by atoms with van der Waals surface area (Å²) in [5, 5.41) is 8.94. The molecule has 0 aromatic heterocycles. The molecule has 4 nitrogen and oxygen atoms in total. The van der Waals surface area contributed by atoms with Gasteiger partial charge < -0.3 is 9.80 Å². The van der Waals surface area contributed by atoms with Crippen LogP contribution in [0, 0.1) is 25.2 Å². The summed E-state index contributed by atoms with van der Waals surface area (Å²) in [6.07, 6.45) is 0.232. The minimum atomic E-state index is -0.356. The van der Waals surface area contributed by atoms with Crippen LogP contribution in [-0.4, -0.2) is 37.0 Å². The number of rotatable bonds is 2. The summed E-state index contributed by atoms with van der Waals surface area (Å²) in [5.74, 6) is 0.0334. The van der Waals surface area contributed by atoms with E-state index in [1.807, 2.05) is 6.07 Å². The number of anilines is 1. The van der Waals surface area contributed by atoms with E-state index >= 15 is 0 Å². The predicted octanol–water partition coefficient (Wildman–Crippen LogP) is 1.86. The molecular formula is C15H19N3O. The van der Waals surface area contributed by atoms with Crippen molar-refractivity contribution in [1.29, 1.82) is 5.26 Å². The van der Waals surface area contributed by atoms with Crippen molar-refractivity contribution in [3.8, 4) is 6.07 Å². The first kappa shape index (κ1) is 13.4. The van der Waals surface area contributed by atoms with E-state index in [4.69, 9.17) is 5.26 Å². The average molecular weight is 257 g/mol. The summed E-state index contributed by atoms with van der Waals surface area (Å²) in [6.45, 7) is 5.61. The van der Waals surface area contributed by atoms with Gasteiger partial charge in [0, 0.05) is 25.8 Å². The van der Waals surface area contributed by atoms with Gasteiger partial charge in [-0.25, -0.2) is 0 Å². The van der Waals surface area contributed by atoms with Crippen molar-refractivity contribution in [2.45, 2.75) is 26.3 Å². The maximum Gasteiger partial charge on any atom is 0.246 e. The molecule has 1 fully saturated rings. The number of hydrogen-bond donors (Lipinski definition) is 0. The highest BCUT2D eigenvalue weighted by atomic mass is 16.2. The van der Waals surface area contributed by atoms with Crippen molar-refractivity contribution in [3.05, 3.63) is 29.3 Å². The lowest BCUT2D eigenvalue weighted by atomic mass is 10.0. The molecule has 1 amide bonds. The zero-order valence-electron chi connectivity index (χ0n) is 11.7. The minimum Gasteiger partial charge on any atom is -0.357 e. The van der Waals surface area contributed by atoms with E-state index in [1.165, 1.54) is 11.1 Å². The number of nitrogens with zero attached hydrogens (tertiary/aromatic N) is 3. The first-order valence-corrected chi connectivity index (χ1v) is 6.50. The van der Waals surface area contributed by atoms with E-state index in [1.54, 1.807) is 11.9 Å². The molecule has 0 radical (unpaired) electrons. The van der Waals surface area contributed by atoms with E-state index < -0.39 is 0 Å². The lowest BCUT2D eigenvalue weighted by Crippen LogP contribution is -2.55. The first-order chi connectivity index (χ1) is 9.04. The lowest BCUT2D eigenvalue weighted by Gasteiger charge is -2.39. The second kappa shape index (κ2) is 5.31. The summed E-state index contributed by atoms with van der Waals surface area (Å²) >= 11 is 0. The van der Waals surface area contributed by atoms with Gasteiger partial charge in [0.2, 0.25) is 5.91 Å². The number of amides is 1. The van der Waals surface area contributed by atoms with Gasteiger partial charge in [-0.1, -0.05) is 6.07 Å². The molecule has 1 atom stereocenters. The Kier molecular flexibility index (Phi) is 3.75. The maximum atomic E-state index is 12.2. The molecule has 0 spiro atoms. The predicted molar refractivity (Wildman–Crippen MR) is 74.9 cm³/mol. The highest BCUT2D eigenvalue weighted by Crippen LogP contribution is 2.24. The second-order valence-corrected chi connectivity index (χ2v) is 5.10. The molecule has 1 aromatic carbocycles. The van der Waals surface area contributed by atoms with Crippen molar-refractivity contribution in [2.24, 2.45) is 0 Å². The molecule has 1 unspecified atom stereocenters. The molecule has 1 aliphatic rings. The molecule has 2 rings (SSSR count). The van der Waals surface area contributed by atoms with Gasteiger partial charge in [-0.3, -0.25) is 4.79 Å².